The van der Waals surface area contributed by atoms with E-state index in [1.165, 1.54) is 12.1 Å². The Morgan fingerprint density at radius 1 is 1.09 bits per heavy atom. The van der Waals surface area contributed by atoms with Crippen LogP contribution in [0.25, 0.3) is 11.5 Å². The molecule has 2 N–H and O–H groups in total. The molecule has 0 spiro atoms. The van der Waals surface area contributed by atoms with Gasteiger partial charge in [0.05, 0.1) is 6.26 Å². The zero-order chi connectivity index (χ0) is 23.5. The van der Waals surface area contributed by atoms with Crippen molar-refractivity contribution in [2.24, 2.45) is 0 Å². The Morgan fingerprint density at radius 3 is 2.62 bits per heavy atom. The monoisotopic (exact) mass is 463 g/mol. The number of aromatic nitrogens is 5. The van der Waals surface area contributed by atoms with Gasteiger partial charge >= 0.3 is 0 Å². The molecule has 4 heterocycles. The van der Waals surface area contributed by atoms with Crippen molar-refractivity contribution < 1.29 is 8.81 Å². The second-order valence-electron chi connectivity index (χ2n) is 8.30. The Balaban J connectivity index is 1.41. The third-order valence-corrected chi connectivity index (χ3v) is 5.68. The molecule has 1 aromatic carbocycles. The van der Waals surface area contributed by atoms with E-state index in [4.69, 9.17) is 9.40 Å². The number of hydrogen-bond donors (Lipinski definition) is 2. The van der Waals surface area contributed by atoms with Crippen LogP contribution in [-0.2, 0) is 6.54 Å². The van der Waals surface area contributed by atoms with Crippen LogP contribution in [0.3, 0.4) is 0 Å². The van der Waals surface area contributed by atoms with E-state index in [1.54, 1.807) is 18.4 Å². The fourth-order valence-electron chi connectivity index (χ4n) is 3.72. The average molecular weight is 464 g/mol. The highest BCUT2D eigenvalue weighted by molar-refractivity contribution is 5.61. The molecule has 10 nitrogen and oxygen atoms in total. The third-order valence-electron chi connectivity index (χ3n) is 5.68. The molecule has 0 aliphatic carbocycles. The molecule has 0 radical (unpaired) electrons. The molecular formula is C23H26FN9O. The van der Waals surface area contributed by atoms with Gasteiger partial charge in [-0.05, 0) is 36.9 Å². The molecule has 1 aliphatic rings. The zero-order valence-electron chi connectivity index (χ0n) is 19.1. The number of anilines is 4. The van der Waals surface area contributed by atoms with Crippen LogP contribution < -0.4 is 15.1 Å². The largest absolute Gasteiger partial charge is 0.463 e. The molecule has 0 amide bonds. The van der Waals surface area contributed by atoms with Crippen LogP contribution in [0.5, 0.6) is 0 Å². The standard InChI is InChI=1S/C23H26FN9O/c1-31-9-11-33(12-10-31)23-27-21(25-20-14-18(29-30-20)19-4-3-13-34-19)26-22(28-23)32(2)15-16-5-7-17(24)8-6-16/h3-8,13-14H,9-12,15H2,1-2H3,(H2,25,26,27,28,29,30). The molecule has 1 fully saturated rings. The summed E-state index contributed by atoms with van der Waals surface area (Å²) in [6.07, 6.45) is 1.61. The number of H-pyrrole nitrogens is 1. The normalized spacial score (nSPS) is 14.4. The van der Waals surface area contributed by atoms with Crippen molar-refractivity contribution in [3.63, 3.8) is 0 Å². The SMILES string of the molecule is CN1CCN(c2nc(Nc3cc(-c4ccco4)[nH]n3)nc(N(C)Cc3ccc(F)cc3)n2)CC1. The highest BCUT2D eigenvalue weighted by Crippen LogP contribution is 2.24. The van der Waals surface area contributed by atoms with Gasteiger partial charge in [0.25, 0.3) is 0 Å². The van der Waals surface area contributed by atoms with E-state index in [-0.39, 0.29) is 5.82 Å². The molecule has 34 heavy (non-hydrogen) atoms. The second-order valence-corrected chi connectivity index (χ2v) is 8.30. The number of benzene rings is 1. The van der Waals surface area contributed by atoms with Crippen molar-refractivity contribution in [2.75, 3.05) is 55.4 Å². The van der Waals surface area contributed by atoms with E-state index in [1.807, 2.05) is 30.1 Å². The maximum atomic E-state index is 13.3. The van der Waals surface area contributed by atoms with Gasteiger partial charge in [-0.25, -0.2) is 4.39 Å². The molecule has 4 aromatic rings. The minimum atomic E-state index is -0.261. The predicted molar refractivity (Wildman–Crippen MR) is 128 cm³/mol. The van der Waals surface area contributed by atoms with E-state index < -0.39 is 0 Å². The number of nitrogens with one attached hydrogen (secondary N) is 2. The van der Waals surface area contributed by atoms with E-state index in [9.17, 15) is 4.39 Å². The van der Waals surface area contributed by atoms with Gasteiger partial charge in [-0.15, -0.1) is 0 Å². The van der Waals surface area contributed by atoms with Gasteiger partial charge < -0.3 is 24.4 Å². The summed E-state index contributed by atoms with van der Waals surface area (Å²) >= 11 is 0. The molecule has 1 aliphatic heterocycles. The molecule has 1 saturated heterocycles. The summed E-state index contributed by atoms with van der Waals surface area (Å²) in [4.78, 5) is 20.4. The second kappa shape index (κ2) is 9.48. The number of furan rings is 1. The molecule has 0 unspecified atom stereocenters. The molecule has 3 aromatic heterocycles. The van der Waals surface area contributed by atoms with Crippen LogP contribution in [0.1, 0.15) is 5.56 Å². The van der Waals surface area contributed by atoms with Gasteiger partial charge in [-0.3, -0.25) is 5.10 Å². The summed E-state index contributed by atoms with van der Waals surface area (Å²) in [5.41, 5.74) is 1.70. The van der Waals surface area contributed by atoms with Crippen LogP contribution in [0.2, 0.25) is 0 Å². The zero-order valence-corrected chi connectivity index (χ0v) is 19.1. The predicted octanol–water partition coefficient (Wildman–Crippen LogP) is 3.13. The fraction of sp³-hybridized carbons (Fsp3) is 0.304. The number of piperazine rings is 1. The van der Waals surface area contributed by atoms with Crippen molar-refractivity contribution in [2.45, 2.75) is 6.54 Å². The Bertz CT molecular complexity index is 1220. The van der Waals surface area contributed by atoms with Crippen molar-refractivity contribution in [1.29, 1.82) is 0 Å². The molecule has 0 bridgehead atoms. The lowest BCUT2D eigenvalue weighted by atomic mass is 10.2. The third kappa shape index (κ3) is 4.99. The number of halogens is 1. The van der Waals surface area contributed by atoms with Gasteiger partial charge in [0.1, 0.15) is 11.5 Å². The van der Waals surface area contributed by atoms with Gasteiger partial charge in [-0.1, -0.05) is 12.1 Å². The van der Waals surface area contributed by atoms with Gasteiger partial charge in [0, 0.05) is 45.8 Å². The summed E-state index contributed by atoms with van der Waals surface area (Å²) in [7, 11) is 4.01. The van der Waals surface area contributed by atoms with E-state index in [0.717, 1.165) is 37.4 Å². The number of aromatic amines is 1. The first kappa shape index (κ1) is 21.8. The summed E-state index contributed by atoms with van der Waals surface area (Å²) in [5, 5.41) is 10.4. The number of hydrogen-bond acceptors (Lipinski definition) is 9. The lowest BCUT2D eigenvalue weighted by Crippen LogP contribution is -2.45. The van der Waals surface area contributed by atoms with E-state index in [0.29, 0.717) is 36.0 Å². The van der Waals surface area contributed by atoms with Crippen LogP contribution in [0.15, 0.2) is 53.1 Å². The Hall–Kier alpha value is -3.99. The van der Waals surface area contributed by atoms with Crippen LogP contribution >= 0.6 is 0 Å². The Morgan fingerprint density at radius 2 is 1.88 bits per heavy atom. The number of nitrogens with zero attached hydrogens (tertiary/aromatic N) is 7. The number of likely N-dealkylation sites (N-methyl/N-ethyl adjacent to an activating group) is 1. The molecule has 5 rings (SSSR count). The van der Waals surface area contributed by atoms with Crippen molar-refractivity contribution in [3.8, 4) is 11.5 Å². The molecule has 0 saturated carbocycles. The summed E-state index contributed by atoms with van der Waals surface area (Å²) in [6, 6.07) is 11.9. The smallest absolute Gasteiger partial charge is 0.235 e. The van der Waals surface area contributed by atoms with Gasteiger partial charge in [0.2, 0.25) is 17.8 Å². The molecular weight excluding hydrogens is 437 g/mol. The fourth-order valence-corrected chi connectivity index (χ4v) is 3.72. The quantitative estimate of drug-likeness (QED) is 0.428. The Kier molecular flexibility index (Phi) is 6.09. The van der Waals surface area contributed by atoms with Gasteiger partial charge in [-0.2, -0.15) is 20.1 Å². The highest BCUT2D eigenvalue weighted by Gasteiger charge is 2.20. The van der Waals surface area contributed by atoms with Crippen LogP contribution in [0, 0.1) is 5.82 Å². The average Bonchev–Trinajstić information content (AvgIpc) is 3.53. The lowest BCUT2D eigenvalue weighted by molar-refractivity contribution is 0.311. The molecule has 0 atom stereocenters. The van der Waals surface area contributed by atoms with Crippen LogP contribution in [0.4, 0.5) is 28.1 Å². The Labute approximate surface area is 196 Å². The van der Waals surface area contributed by atoms with E-state index >= 15 is 0 Å². The summed E-state index contributed by atoms with van der Waals surface area (Å²) in [5.74, 6) is 2.50. The minimum Gasteiger partial charge on any atom is -0.463 e. The summed E-state index contributed by atoms with van der Waals surface area (Å²) < 4.78 is 18.7. The van der Waals surface area contributed by atoms with Gasteiger partial charge in [0.15, 0.2) is 11.6 Å². The first-order valence-corrected chi connectivity index (χ1v) is 11.0. The minimum absolute atomic E-state index is 0.261. The van der Waals surface area contributed by atoms with Crippen LogP contribution in [-0.4, -0.2) is 70.3 Å². The van der Waals surface area contributed by atoms with Crippen molar-refractivity contribution in [1.82, 2.24) is 30.0 Å². The first-order chi connectivity index (χ1) is 16.5. The van der Waals surface area contributed by atoms with Crippen molar-refractivity contribution in [3.05, 3.63) is 60.1 Å². The highest BCUT2D eigenvalue weighted by atomic mass is 19.1. The topological polar surface area (TPSA) is 102 Å². The summed E-state index contributed by atoms with van der Waals surface area (Å²) in [6.45, 7) is 4.04. The van der Waals surface area contributed by atoms with Crippen molar-refractivity contribution >= 4 is 23.7 Å². The first-order valence-electron chi connectivity index (χ1n) is 11.0. The molecule has 11 heteroatoms. The number of rotatable bonds is 7. The van der Waals surface area contributed by atoms with E-state index in [2.05, 4.69) is 42.3 Å². The lowest BCUT2D eigenvalue weighted by Gasteiger charge is -2.32. The molecule has 176 valence electrons. The maximum absolute atomic E-state index is 13.3. The maximum Gasteiger partial charge on any atom is 0.235 e.